The smallest absolute Gasteiger partial charge is 0.305 e. The van der Waals surface area contributed by atoms with Crippen LogP contribution < -0.4 is 5.30 Å². The minimum absolute atomic E-state index is 0.387. The molecule has 0 saturated carbocycles. The molecule has 0 atom stereocenters. The molecule has 1 rings (SSSR count). The van der Waals surface area contributed by atoms with E-state index in [9.17, 15) is 4.57 Å². The molecule has 0 aliphatic carbocycles. The zero-order valence-electron chi connectivity index (χ0n) is 12.6. The van der Waals surface area contributed by atoms with Gasteiger partial charge in [0, 0.05) is 8.07 Å². The van der Waals surface area contributed by atoms with Crippen LogP contribution in [0.15, 0.2) is 24.3 Å². The Morgan fingerprint density at radius 2 is 1.58 bits per heavy atom. The molecule has 0 radical (unpaired) electrons. The molecule has 0 aliphatic rings. The van der Waals surface area contributed by atoms with Gasteiger partial charge in [0.1, 0.15) is 0 Å². The van der Waals surface area contributed by atoms with E-state index in [0.29, 0.717) is 13.2 Å². The van der Waals surface area contributed by atoms with Gasteiger partial charge in [0.15, 0.2) is 0 Å². The van der Waals surface area contributed by atoms with E-state index in [4.69, 9.17) is 9.05 Å². The highest BCUT2D eigenvalue weighted by Crippen LogP contribution is 2.47. The molecule has 0 amide bonds. The van der Waals surface area contributed by atoms with Gasteiger partial charge < -0.3 is 9.05 Å². The Balaban J connectivity index is 3.20. The fourth-order valence-electron chi connectivity index (χ4n) is 2.02. The molecule has 5 heteroatoms. The second-order valence-corrected chi connectivity index (χ2v) is 13.2. The van der Waals surface area contributed by atoms with Gasteiger partial charge in [-0.3, -0.25) is 4.57 Å². The highest BCUT2D eigenvalue weighted by Gasteiger charge is 2.30. The Morgan fingerprint density at radius 1 is 1.05 bits per heavy atom. The summed E-state index contributed by atoms with van der Waals surface area (Å²) in [6.45, 7) is 11.4. The van der Waals surface area contributed by atoms with Crippen molar-refractivity contribution in [3.8, 4) is 0 Å². The molecule has 108 valence electrons. The Bertz CT molecular complexity index is 444. The second-order valence-electron chi connectivity index (χ2n) is 5.70. The van der Waals surface area contributed by atoms with E-state index < -0.39 is 15.7 Å². The molecule has 0 bridgehead atoms. The van der Waals surface area contributed by atoms with Crippen LogP contribution in [0, 0.1) is 0 Å². The minimum Gasteiger partial charge on any atom is -0.305 e. The largest absolute Gasteiger partial charge is 0.361 e. The van der Waals surface area contributed by atoms with Gasteiger partial charge in [-0.2, -0.15) is 0 Å². The third kappa shape index (κ3) is 4.88. The van der Waals surface area contributed by atoms with Gasteiger partial charge in [-0.05, 0) is 31.5 Å². The molecule has 0 aromatic heterocycles. The summed E-state index contributed by atoms with van der Waals surface area (Å²) in [5.74, 6) is 0. The van der Waals surface area contributed by atoms with Crippen molar-refractivity contribution in [1.29, 1.82) is 0 Å². The Hall–Kier alpha value is -0.413. The molecular formula is C14H25O3PSi. The summed E-state index contributed by atoms with van der Waals surface area (Å²) in [6.07, 6.45) is 0. The van der Waals surface area contributed by atoms with Crippen molar-refractivity contribution in [3.05, 3.63) is 29.8 Å². The average Bonchev–Trinajstić information content (AvgIpc) is 2.28. The molecule has 0 saturated heterocycles. The van der Waals surface area contributed by atoms with Crippen LogP contribution in [0.5, 0.6) is 0 Å². The maximum atomic E-state index is 12.9. The van der Waals surface area contributed by atoms with Crippen LogP contribution in [0.4, 0.5) is 0 Å². The van der Waals surface area contributed by atoms with Crippen molar-refractivity contribution in [2.75, 3.05) is 13.2 Å². The van der Waals surface area contributed by atoms with Crippen LogP contribution >= 0.6 is 7.60 Å². The van der Waals surface area contributed by atoms with Gasteiger partial charge in [-0.1, -0.05) is 37.8 Å². The zero-order chi connectivity index (χ0) is 14.5. The third-order valence-electron chi connectivity index (χ3n) is 2.61. The molecule has 0 fully saturated rings. The Morgan fingerprint density at radius 3 is 2.05 bits per heavy atom. The quantitative estimate of drug-likeness (QED) is 0.564. The summed E-state index contributed by atoms with van der Waals surface area (Å²) >= 11 is 0. The maximum Gasteiger partial charge on any atom is 0.361 e. The fraction of sp³-hybridized carbons (Fsp3) is 0.571. The van der Waals surface area contributed by atoms with Gasteiger partial charge in [0.25, 0.3) is 0 Å². The highest BCUT2D eigenvalue weighted by atomic mass is 31.2. The summed E-state index contributed by atoms with van der Waals surface area (Å²) < 4.78 is 23.8. The van der Waals surface area contributed by atoms with Crippen molar-refractivity contribution in [3.63, 3.8) is 0 Å². The predicted octanol–water partition coefficient (Wildman–Crippen LogP) is 4.00. The topological polar surface area (TPSA) is 35.5 Å². The number of hydrogen-bond acceptors (Lipinski definition) is 3. The molecule has 0 N–H and O–H groups in total. The van der Waals surface area contributed by atoms with E-state index in [1.807, 2.05) is 38.1 Å². The van der Waals surface area contributed by atoms with Crippen LogP contribution in [0.2, 0.25) is 19.6 Å². The van der Waals surface area contributed by atoms with E-state index in [-0.39, 0.29) is 0 Å². The summed E-state index contributed by atoms with van der Waals surface area (Å²) in [5.41, 5.74) is 1.10. The van der Waals surface area contributed by atoms with Gasteiger partial charge in [-0.25, -0.2) is 0 Å². The maximum absolute atomic E-state index is 12.9. The van der Waals surface area contributed by atoms with E-state index >= 15 is 0 Å². The first-order chi connectivity index (χ1) is 8.82. The van der Waals surface area contributed by atoms with Gasteiger partial charge >= 0.3 is 7.60 Å². The molecule has 0 aliphatic heterocycles. The fourth-order valence-corrected chi connectivity index (χ4v) is 5.42. The van der Waals surface area contributed by atoms with Crippen LogP contribution in [-0.2, 0) is 19.7 Å². The van der Waals surface area contributed by atoms with E-state index in [1.165, 1.54) is 0 Å². The molecule has 1 aromatic rings. The van der Waals surface area contributed by atoms with Gasteiger partial charge in [0.2, 0.25) is 0 Å². The van der Waals surface area contributed by atoms with Crippen molar-refractivity contribution >= 4 is 21.0 Å². The zero-order valence-corrected chi connectivity index (χ0v) is 14.5. The van der Waals surface area contributed by atoms with E-state index in [1.54, 1.807) is 0 Å². The molecular weight excluding hydrogens is 275 g/mol. The number of benzene rings is 1. The lowest BCUT2D eigenvalue weighted by Crippen LogP contribution is -2.28. The Labute approximate surface area is 117 Å². The van der Waals surface area contributed by atoms with Crippen molar-refractivity contribution < 1.29 is 13.6 Å². The second kappa shape index (κ2) is 6.85. The molecule has 0 spiro atoms. The number of rotatable bonds is 7. The van der Waals surface area contributed by atoms with E-state index in [2.05, 4.69) is 19.6 Å². The van der Waals surface area contributed by atoms with Crippen LogP contribution in [-0.4, -0.2) is 21.3 Å². The Kier molecular flexibility index (Phi) is 6.00. The summed E-state index contributed by atoms with van der Waals surface area (Å²) in [6, 6.07) is 8.78. The molecule has 19 heavy (non-hydrogen) atoms. The molecule has 0 unspecified atom stereocenters. The third-order valence-corrected chi connectivity index (χ3v) is 6.27. The lowest BCUT2D eigenvalue weighted by molar-refractivity contribution is 0.230. The van der Waals surface area contributed by atoms with Crippen LogP contribution in [0.1, 0.15) is 19.4 Å². The summed E-state index contributed by atoms with van der Waals surface area (Å²) in [4.78, 5) is 0. The molecule has 3 nitrogen and oxygen atoms in total. The predicted molar refractivity (Wildman–Crippen MR) is 84.0 cm³/mol. The number of hydrogen-bond donors (Lipinski definition) is 0. The molecule has 1 aromatic carbocycles. The average molecular weight is 300 g/mol. The lowest BCUT2D eigenvalue weighted by Gasteiger charge is -2.23. The van der Waals surface area contributed by atoms with Gasteiger partial charge in [0.05, 0.1) is 18.5 Å². The monoisotopic (exact) mass is 300 g/mol. The summed E-state index contributed by atoms with van der Waals surface area (Å²) in [5, 5.41) is 0.737. The normalized spacial score (nSPS) is 12.7. The molecule has 0 heterocycles. The highest BCUT2D eigenvalue weighted by molar-refractivity contribution is 7.62. The van der Waals surface area contributed by atoms with Crippen molar-refractivity contribution in [2.45, 2.75) is 39.5 Å². The first-order valence-corrected chi connectivity index (χ1v) is 12.0. The van der Waals surface area contributed by atoms with Crippen LogP contribution in [0.3, 0.4) is 0 Å². The SMILES string of the molecule is CCOP(=O)(OCC)c1ccccc1C[Si](C)(C)C. The van der Waals surface area contributed by atoms with Crippen LogP contribution in [0.25, 0.3) is 0 Å². The lowest BCUT2D eigenvalue weighted by atomic mass is 10.2. The van der Waals surface area contributed by atoms with E-state index in [0.717, 1.165) is 16.9 Å². The minimum atomic E-state index is -3.17. The first kappa shape index (κ1) is 16.6. The van der Waals surface area contributed by atoms with Crippen molar-refractivity contribution in [2.24, 2.45) is 0 Å². The standard InChI is InChI=1S/C14H25O3PSi/c1-6-16-18(15,17-7-2)14-11-9-8-10-13(14)12-19(3,4)5/h8-11H,6-7,12H2,1-5H3. The van der Waals surface area contributed by atoms with Crippen molar-refractivity contribution in [1.82, 2.24) is 0 Å². The first-order valence-electron chi connectivity index (χ1n) is 6.80. The summed E-state index contributed by atoms with van der Waals surface area (Å²) in [7, 11) is -4.46. The van der Waals surface area contributed by atoms with Gasteiger partial charge in [-0.15, -0.1) is 0 Å².